The molecule has 0 fully saturated rings. The van der Waals surface area contributed by atoms with E-state index in [4.69, 9.17) is 4.11 Å². The van der Waals surface area contributed by atoms with Gasteiger partial charge in [-0.3, -0.25) is 0 Å². The van der Waals surface area contributed by atoms with Gasteiger partial charge in [0.2, 0.25) is 0 Å². The van der Waals surface area contributed by atoms with Crippen LogP contribution in [0.15, 0.2) is 18.2 Å². The first kappa shape index (κ1) is 8.84. The van der Waals surface area contributed by atoms with Crippen molar-refractivity contribution < 1.29 is 19.1 Å². The fourth-order valence-electron chi connectivity index (χ4n) is 1.29. The predicted molar refractivity (Wildman–Crippen MR) is 62.8 cm³/mol. The highest BCUT2D eigenvalue weighted by Crippen LogP contribution is 2.28. The monoisotopic (exact) mass is 228 g/mol. The van der Waals surface area contributed by atoms with Gasteiger partial charge in [0, 0.05) is 12.6 Å². The van der Waals surface area contributed by atoms with Crippen LogP contribution in [0.25, 0.3) is 0 Å². The highest BCUT2D eigenvalue weighted by Gasteiger charge is 2.10. The molecule has 3 N–H and O–H groups in total. The van der Waals surface area contributed by atoms with E-state index in [2.05, 4.69) is 10.1 Å². The lowest BCUT2D eigenvalue weighted by Crippen LogP contribution is -2.27. The molecule has 4 heteroatoms. The van der Waals surface area contributed by atoms with Crippen molar-refractivity contribution in [2.45, 2.75) is 26.0 Å². The number of phenolic OH excluding ortho intramolecular Hbond substituents is 1. The molecule has 90 valence electrons. The van der Waals surface area contributed by atoms with Gasteiger partial charge in [0.1, 0.15) is 0 Å². The summed E-state index contributed by atoms with van der Waals surface area (Å²) >= 11 is 0. The Labute approximate surface area is 100 Å². The van der Waals surface area contributed by atoms with E-state index >= 15 is 0 Å². The minimum absolute atomic E-state index is 0.132. The quantitative estimate of drug-likeness (QED) is 0.713. The molecule has 1 aromatic carbocycles. The van der Waals surface area contributed by atoms with Crippen molar-refractivity contribution in [2.24, 2.45) is 0 Å². The van der Waals surface area contributed by atoms with Gasteiger partial charge in [-0.1, -0.05) is 19.9 Å². The van der Waals surface area contributed by atoms with Crippen molar-refractivity contribution in [3.8, 4) is 11.5 Å². The second-order valence-electron chi connectivity index (χ2n) is 3.91. The van der Waals surface area contributed by atoms with E-state index in [1.165, 1.54) is 18.2 Å². The van der Waals surface area contributed by atoms with Gasteiger partial charge in [0.05, 0.1) is 17.3 Å². The summed E-state index contributed by atoms with van der Waals surface area (Å²) in [6.45, 7) is 4.26. The maximum atomic E-state index is 9.89. The molecule has 1 aromatic rings. The van der Waals surface area contributed by atoms with Crippen LogP contribution >= 0.6 is 0 Å². The number of hydrogen-bond donors (Lipinski definition) is 3. The molecule has 0 saturated heterocycles. The first-order valence-electron chi connectivity index (χ1n) is 6.62. The number of aliphatic hydroxyl groups is 1. The molecule has 1 atom stereocenters. The maximum Gasteiger partial charge on any atom is 0.160 e. The van der Waals surface area contributed by atoms with Gasteiger partial charge in [0.25, 0.3) is 0 Å². The number of aromatic hydroxyl groups is 1. The fraction of sp³-hybridized carbons (Fsp3) is 0.500. The van der Waals surface area contributed by atoms with E-state index < -0.39 is 13.1 Å². The van der Waals surface area contributed by atoms with Gasteiger partial charge in [0.15, 0.2) is 11.5 Å². The lowest BCUT2D eigenvalue weighted by molar-refractivity contribution is 0.171. The molecule has 0 aromatic heterocycles. The Morgan fingerprint density at radius 1 is 1.50 bits per heavy atom. The Bertz CT molecular complexity index is 421. The Hall–Kier alpha value is -1.26. The Kier molecular flexibility index (Phi) is 3.16. The molecular formula is C12H19NO3. The van der Waals surface area contributed by atoms with Crippen molar-refractivity contribution >= 4 is 0 Å². The molecule has 0 spiro atoms. The molecule has 0 bridgehead atoms. The van der Waals surface area contributed by atoms with Crippen LogP contribution in [-0.2, 0) is 0 Å². The number of benzene rings is 1. The Morgan fingerprint density at radius 2 is 2.25 bits per heavy atom. The number of phenols is 1. The molecule has 4 nitrogen and oxygen atoms in total. The average molecular weight is 228 g/mol. The van der Waals surface area contributed by atoms with Crippen LogP contribution in [0.5, 0.6) is 11.5 Å². The first-order chi connectivity index (χ1) is 8.69. The molecule has 0 radical (unpaired) electrons. The summed E-state index contributed by atoms with van der Waals surface area (Å²) in [6, 6.07) is 4.39. The summed E-state index contributed by atoms with van der Waals surface area (Å²) in [6.07, 6.45) is -0.782. The van der Waals surface area contributed by atoms with Crippen LogP contribution in [0.2, 0.25) is 0 Å². The van der Waals surface area contributed by atoms with E-state index in [0.717, 1.165) is 0 Å². The standard InChI is InChI=1S/C12H19NO3/c1-8(2)13-7-11(15)9-4-5-12(16-3)10(14)6-9/h4-6,8,11,13-15H,7H2,1-3H3/i3D3. The van der Waals surface area contributed by atoms with Crippen LogP contribution in [0, 0.1) is 0 Å². The fourth-order valence-corrected chi connectivity index (χ4v) is 1.29. The summed E-state index contributed by atoms with van der Waals surface area (Å²) in [5.41, 5.74) is 0.489. The van der Waals surface area contributed by atoms with E-state index in [9.17, 15) is 10.2 Å². The van der Waals surface area contributed by atoms with E-state index in [0.29, 0.717) is 12.1 Å². The number of rotatable bonds is 5. The molecule has 0 aliphatic heterocycles. The van der Waals surface area contributed by atoms with Crippen molar-refractivity contribution in [1.29, 1.82) is 0 Å². The van der Waals surface area contributed by atoms with Gasteiger partial charge >= 0.3 is 0 Å². The maximum absolute atomic E-state index is 9.89. The first-order valence-corrected chi connectivity index (χ1v) is 5.12. The zero-order chi connectivity index (χ0) is 14.6. The summed E-state index contributed by atoms with van der Waals surface area (Å²) in [5.74, 6) is -0.440. The van der Waals surface area contributed by atoms with E-state index in [1.807, 2.05) is 13.8 Å². The molecule has 0 heterocycles. The topological polar surface area (TPSA) is 61.7 Å². The Morgan fingerprint density at radius 3 is 2.81 bits per heavy atom. The highest BCUT2D eigenvalue weighted by atomic mass is 16.5. The van der Waals surface area contributed by atoms with Gasteiger partial charge in [-0.05, 0) is 17.7 Å². The molecule has 0 saturated carbocycles. The molecular weight excluding hydrogens is 206 g/mol. The average Bonchev–Trinajstić information content (AvgIpc) is 2.27. The highest BCUT2D eigenvalue weighted by molar-refractivity contribution is 5.42. The SMILES string of the molecule is [2H]C([2H])([2H])Oc1ccc(C(O)CNC(C)C)cc1O. The zero-order valence-corrected chi connectivity index (χ0v) is 9.40. The van der Waals surface area contributed by atoms with Crippen molar-refractivity contribution in [3.05, 3.63) is 23.8 Å². The third-order valence-electron chi connectivity index (χ3n) is 2.20. The zero-order valence-electron chi connectivity index (χ0n) is 12.4. The minimum Gasteiger partial charge on any atom is -0.504 e. The lowest BCUT2D eigenvalue weighted by Gasteiger charge is -2.15. The van der Waals surface area contributed by atoms with Gasteiger partial charge in [-0.15, -0.1) is 0 Å². The van der Waals surface area contributed by atoms with Crippen LogP contribution in [-0.4, -0.2) is 29.8 Å². The largest absolute Gasteiger partial charge is 0.504 e. The molecule has 0 aliphatic carbocycles. The summed E-state index contributed by atoms with van der Waals surface area (Å²) in [5, 5.41) is 22.6. The molecule has 16 heavy (non-hydrogen) atoms. The van der Waals surface area contributed by atoms with Crippen LogP contribution in [0.1, 0.15) is 29.6 Å². The van der Waals surface area contributed by atoms with Gasteiger partial charge < -0.3 is 20.3 Å². The minimum atomic E-state index is -2.61. The lowest BCUT2D eigenvalue weighted by atomic mass is 10.1. The van der Waals surface area contributed by atoms with E-state index in [-0.39, 0.29) is 17.5 Å². The summed E-state index contributed by atoms with van der Waals surface area (Å²) in [4.78, 5) is 0. The normalized spacial score (nSPS) is 16.4. The summed E-state index contributed by atoms with van der Waals surface area (Å²) in [7, 11) is -2.61. The van der Waals surface area contributed by atoms with Gasteiger partial charge in [-0.2, -0.15) is 0 Å². The number of aliphatic hydroxyl groups excluding tert-OH is 1. The van der Waals surface area contributed by atoms with Crippen molar-refractivity contribution in [1.82, 2.24) is 5.32 Å². The second-order valence-corrected chi connectivity index (χ2v) is 3.91. The summed E-state index contributed by atoms with van der Waals surface area (Å²) < 4.78 is 25.5. The third-order valence-corrected chi connectivity index (χ3v) is 2.20. The second kappa shape index (κ2) is 5.72. The van der Waals surface area contributed by atoms with Gasteiger partial charge in [-0.25, -0.2) is 0 Å². The number of methoxy groups -OCH3 is 1. The Balaban J connectivity index is 2.76. The third kappa shape index (κ3) is 3.40. The van der Waals surface area contributed by atoms with Crippen LogP contribution in [0.4, 0.5) is 0 Å². The number of nitrogens with one attached hydrogen (secondary N) is 1. The molecule has 0 aliphatic rings. The predicted octanol–water partition coefficient (Wildman–Crippen LogP) is 1.43. The van der Waals surface area contributed by atoms with Crippen LogP contribution < -0.4 is 10.1 Å². The number of hydrogen-bond acceptors (Lipinski definition) is 4. The smallest absolute Gasteiger partial charge is 0.160 e. The van der Waals surface area contributed by atoms with Crippen LogP contribution in [0.3, 0.4) is 0 Å². The number of ether oxygens (including phenoxy) is 1. The molecule has 1 unspecified atom stereocenters. The van der Waals surface area contributed by atoms with Crippen molar-refractivity contribution in [2.75, 3.05) is 13.6 Å². The van der Waals surface area contributed by atoms with Crippen molar-refractivity contribution in [3.63, 3.8) is 0 Å². The van der Waals surface area contributed by atoms with E-state index in [1.54, 1.807) is 0 Å². The molecule has 1 rings (SSSR count). The molecule has 0 amide bonds.